The Labute approximate surface area is 355 Å². The Kier molecular flexibility index (Phi) is 15.5. The molecule has 0 saturated heterocycles. The molecule has 3 aromatic carbocycles. The Morgan fingerprint density at radius 1 is 1.00 bits per heavy atom. The fourth-order valence-corrected chi connectivity index (χ4v) is 7.82. The van der Waals surface area contributed by atoms with E-state index in [0.717, 1.165) is 43.5 Å². The number of aryl methyl sites for hydroxylation is 2. The SMILES string of the molecule is CCN1/C(=C/C=C/C2=[N+](CC)c3cc[c-]cc3C2(C)C)C(C)(CCCC(=O)CCc2ccc(COc3nccc(N)n3)cc2)c2cc(C)ccc21.O=S(=O)=O.[Na+]. The number of nitrogens with two attached hydrogens (primary N) is 1. The fourth-order valence-electron chi connectivity index (χ4n) is 7.82. The van der Waals surface area contributed by atoms with E-state index in [1.807, 2.05) is 18.2 Å². The monoisotopic (exact) mass is 784 g/mol. The molecule has 12 heteroatoms. The zero-order valence-corrected chi connectivity index (χ0v) is 36.4. The number of likely N-dealkylation sites (N-methyl/N-ethyl adjacent to an activating group) is 1. The molecule has 2 aliphatic rings. The zero-order valence-electron chi connectivity index (χ0n) is 33.6. The predicted octanol–water partition coefficient (Wildman–Crippen LogP) is 4.75. The summed E-state index contributed by atoms with van der Waals surface area (Å²) in [5.41, 5.74) is 16.6. The topological polar surface area (TPSA) is 136 Å². The summed E-state index contributed by atoms with van der Waals surface area (Å²) in [6.45, 7) is 15.7. The van der Waals surface area contributed by atoms with E-state index < -0.39 is 10.6 Å². The van der Waals surface area contributed by atoms with Crippen LogP contribution >= 0.6 is 0 Å². The standard InChI is InChI=1S/C44H51N5O2.Na.O3S/c1-7-48-37-15-10-9-14-35(37)43(4,5)39(48)16-11-17-40-44(6,36-29-31(3)18-25-38(36)49(40)8-2)27-12-13-34(50)24-23-32-19-21-33(22-20-32)30-51-42-46-28-26-41(45)47-42;;1-4(2)3/h10-11,14-22,25-26,28-29H,7-8,12-13,23-24,27,30H2,1-6H3,(H2,45,46,47);;/q;+1;. The van der Waals surface area contributed by atoms with Gasteiger partial charge in [0.25, 0.3) is 0 Å². The molecular formula is C44H51N5NaO5S+. The second-order valence-corrected chi connectivity index (χ2v) is 15.1. The maximum absolute atomic E-state index is 13.2. The third kappa shape index (κ3) is 10.3. The Balaban J connectivity index is 0.00000133. The predicted molar refractivity (Wildman–Crippen MR) is 217 cm³/mol. The number of ether oxygens (including phenoxy) is 1. The molecule has 0 bridgehead atoms. The molecule has 0 amide bonds. The van der Waals surface area contributed by atoms with Crippen LogP contribution in [0.25, 0.3) is 0 Å². The number of Topliss-reactive ketones (excluding diaryl/α,β-unsaturated/α-hetero) is 1. The van der Waals surface area contributed by atoms with Crippen molar-refractivity contribution >= 4 is 39.3 Å². The Hall–Kier alpha value is -4.42. The van der Waals surface area contributed by atoms with Crippen LogP contribution in [0.3, 0.4) is 0 Å². The minimum absolute atomic E-state index is 0. The first-order valence-electron chi connectivity index (χ1n) is 18.8. The van der Waals surface area contributed by atoms with Crippen molar-refractivity contribution in [2.45, 2.75) is 91.1 Å². The number of fused-ring (bicyclic) bond motifs is 2. The average Bonchev–Trinajstić information content (AvgIpc) is 3.52. The van der Waals surface area contributed by atoms with Crippen molar-refractivity contribution < 1.29 is 56.3 Å². The summed E-state index contributed by atoms with van der Waals surface area (Å²) in [4.78, 5) is 23.8. The molecule has 0 spiro atoms. The molecule has 3 heterocycles. The number of rotatable bonds is 14. The number of ketones is 1. The summed E-state index contributed by atoms with van der Waals surface area (Å²) < 4.78 is 33.4. The number of benzene rings is 3. The number of nitrogens with zero attached hydrogens (tertiary/aromatic N) is 4. The van der Waals surface area contributed by atoms with E-state index in [0.29, 0.717) is 31.0 Å². The minimum Gasteiger partial charge on any atom is -0.459 e. The normalized spacial score (nSPS) is 17.2. The molecule has 0 saturated carbocycles. The number of carbonyl (C=O) groups excluding carboxylic acids is 1. The van der Waals surface area contributed by atoms with Crippen LogP contribution in [0.4, 0.5) is 17.2 Å². The molecule has 2 aliphatic heterocycles. The molecule has 0 radical (unpaired) electrons. The van der Waals surface area contributed by atoms with Crippen molar-refractivity contribution in [2.24, 2.45) is 0 Å². The van der Waals surface area contributed by atoms with Crippen LogP contribution in [0.1, 0.15) is 88.1 Å². The first-order valence-corrected chi connectivity index (χ1v) is 19.8. The molecule has 56 heavy (non-hydrogen) atoms. The first-order chi connectivity index (χ1) is 26.3. The van der Waals surface area contributed by atoms with Crippen molar-refractivity contribution in [2.75, 3.05) is 23.7 Å². The summed E-state index contributed by atoms with van der Waals surface area (Å²) in [5.74, 6) is 0.684. The number of hydrogen-bond acceptors (Lipinski definition) is 9. The van der Waals surface area contributed by atoms with Gasteiger partial charge in [0.2, 0.25) is 0 Å². The molecule has 0 fully saturated rings. The van der Waals surface area contributed by atoms with E-state index in [4.69, 9.17) is 23.1 Å². The van der Waals surface area contributed by atoms with Crippen LogP contribution in [0, 0.1) is 13.0 Å². The number of aromatic nitrogens is 2. The number of anilines is 2. The van der Waals surface area contributed by atoms with Gasteiger partial charge in [-0.3, -0.25) is 4.79 Å². The van der Waals surface area contributed by atoms with Crippen LogP contribution in [-0.4, -0.2) is 51.8 Å². The molecular weight excluding hydrogens is 734 g/mol. The van der Waals surface area contributed by atoms with Gasteiger partial charge in [-0.15, -0.1) is 18.7 Å². The van der Waals surface area contributed by atoms with E-state index in [9.17, 15) is 4.79 Å². The molecule has 0 aliphatic carbocycles. The third-order valence-corrected chi connectivity index (χ3v) is 10.6. The molecule has 10 nitrogen and oxygen atoms in total. The molecule has 6 rings (SSSR count). The molecule has 1 unspecified atom stereocenters. The number of carbonyl (C=O) groups is 1. The van der Waals surface area contributed by atoms with Gasteiger partial charge in [0.05, 0.1) is 0 Å². The van der Waals surface area contributed by atoms with E-state index in [1.54, 1.807) is 12.3 Å². The number of hydrogen-bond donors (Lipinski definition) is 1. The summed E-state index contributed by atoms with van der Waals surface area (Å²) >= 11 is 0. The van der Waals surface area contributed by atoms with Gasteiger partial charge < -0.3 is 15.4 Å². The van der Waals surface area contributed by atoms with Gasteiger partial charge in [-0.05, 0) is 81.9 Å². The number of allylic oxidation sites excluding steroid dienone is 4. The molecule has 288 valence electrons. The smallest absolute Gasteiger partial charge is 0.459 e. The Bertz CT molecular complexity index is 2230. The second-order valence-electron chi connectivity index (χ2n) is 14.7. The van der Waals surface area contributed by atoms with Crippen LogP contribution in [0.2, 0.25) is 0 Å². The maximum atomic E-state index is 13.2. The summed E-state index contributed by atoms with van der Waals surface area (Å²) in [7, 11) is -3.11. The zero-order chi connectivity index (χ0) is 39.8. The quantitative estimate of drug-likeness (QED) is 0.109. The van der Waals surface area contributed by atoms with Crippen LogP contribution in [-0.2, 0) is 39.3 Å². The van der Waals surface area contributed by atoms with Crippen LogP contribution < -0.4 is 44.9 Å². The van der Waals surface area contributed by atoms with Gasteiger partial charge in [0.1, 0.15) is 30.4 Å². The van der Waals surface area contributed by atoms with E-state index >= 15 is 0 Å². The van der Waals surface area contributed by atoms with Crippen molar-refractivity contribution in [1.29, 1.82) is 0 Å². The van der Waals surface area contributed by atoms with Gasteiger partial charge >= 0.3 is 46.2 Å². The van der Waals surface area contributed by atoms with Gasteiger partial charge in [-0.1, -0.05) is 67.4 Å². The molecule has 1 aromatic heterocycles. The Morgan fingerprint density at radius 3 is 2.39 bits per heavy atom. The van der Waals surface area contributed by atoms with Gasteiger partial charge in [-0.2, -0.15) is 23.2 Å². The number of nitrogen functional groups attached to an aromatic ring is 1. The average molecular weight is 785 g/mol. The first kappa shape index (κ1) is 44.3. The minimum atomic E-state index is -3.11. The molecule has 1 atom stereocenters. The van der Waals surface area contributed by atoms with Crippen LogP contribution in [0.15, 0.2) is 96.9 Å². The van der Waals surface area contributed by atoms with Crippen molar-refractivity contribution in [3.05, 3.63) is 131 Å². The summed E-state index contributed by atoms with van der Waals surface area (Å²) in [6, 6.07) is 26.5. The van der Waals surface area contributed by atoms with E-state index in [1.165, 1.54) is 39.5 Å². The summed E-state index contributed by atoms with van der Waals surface area (Å²) in [5, 5.41) is 0. The summed E-state index contributed by atoms with van der Waals surface area (Å²) in [6.07, 6.45) is 12.0. The van der Waals surface area contributed by atoms with Crippen molar-refractivity contribution in [3.8, 4) is 6.01 Å². The molecule has 4 aromatic rings. The molecule has 2 N–H and O–H groups in total. The van der Waals surface area contributed by atoms with Gasteiger partial charge in [-0.25, -0.2) is 9.56 Å². The van der Waals surface area contributed by atoms with Crippen LogP contribution in [0.5, 0.6) is 6.01 Å². The Morgan fingerprint density at radius 2 is 1.71 bits per heavy atom. The largest absolute Gasteiger partial charge is 1.00 e. The van der Waals surface area contributed by atoms with Gasteiger partial charge in [0.15, 0.2) is 5.71 Å². The van der Waals surface area contributed by atoms with Crippen molar-refractivity contribution in [1.82, 2.24) is 9.97 Å². The fraction of sp³-hybridized carbons (Fsp3) is 0.364. The van der Waals surface area contributed by atoms with E-state index in [-0.39, 0.29) is 46.4 Å². The third-order valence-electron chi connectivity index (χ3n) is 10.6. The van der Waals surface area contributed by atoms with E-state index in [2.05, 4.69) is 128 Å². The van der Waals surface area contributed by atoms with Crippen molar-refractivity contribution in [3.63, 3.8) is 0 Å². The maximum Gasteiger partial charge on any atom is 1.00 e. The van der Waals surface area contributed by atoms with Gasteiger partial charge in [0, 0.05) is 53.9 Å². The second kappa shape index (κ2) is 19.6.